The normalized spacial score (nSPS) is 12.2. The predicted octanol–water partition coefficient (Wildman–Crippen LogP) is 3.99. The third kappa shape index (κ3) is 3.36. The smallest absolute Gasteiger partial charge is 0.127 e. The van der Waals surface area contributed by atoms with Crippen LogP contribution in [0.25, 0.3) is 0 Å². The number of ether oxygens (including phenoxy) is 1. The van der Waals surface area contributed by atoms with Gasteiger partial charge in [0.15, 0.2) is 0 Å². The Bertz CT molecular complexity index is 583. The van der Waals surface area contributed by atoms with Crippen LogP contribution in [0.1, 0.15) is 29.7 Å². The Hall–Kier alpha value is -1.87. The van der Waals surface area contributed by atoms with Gasteiger partial charge < -0.3 is 10.1 Å². The summed E-state index contributed by atoms with van der Waals surface area (Å²) in [5.41, 5.74) is 2.82. The molecule has 2 aromatic rings. The first-order valence-corrected chi connectivity index (χ1v) is 6.73. The fraction of sp³-hybridized carbons (Fsp3) is 0.294. The zero-order chi connectivity index (χ0) is 14.5. The van der Waals surface area contributed by atoms with Gasteiger partial charge in [-0.2, -0.15) is 0 Å². The molecule has 0 saturated heterocycles. The van der Waals surface area contributed by atoms with E-state index in [0.717, 1.165) is 16.9 Å². The molecule has 2 rings (SSSR count). The van der Waals surface area contributed by atoms with Crippen LogP contribution >= 0.6 is 0 Å². The van der Waals surface area contributed by atoms with Crippen LogP contribution in [0.15, 0.2) is 42.5 Å². The summed E-state index contributed by atoms with van der Waals surface area (Å²) in [5.74, 6) is 0.674. The number of nitrogens with one attached hydrogen (secondary N) is 1. The van der Waals surface area contributed by atoms with Gasteiger partial charge in [0.25, 0.3) is 0 Å². The van der Waals surface area contributed by atoms with Crippen molar-refractivity contribution in [1.82, 2.24) is 5.32 Å². The van der Waals surface area contributed by atoms with E-state index in [2.05, 4.69) is 5.32 Å². The highest BCUT2D eigenvalue weighted by Crippen LogP contribution is 2.24. The summed E-state index contributed by atoms with van der Waals surface area (Å²) in [6.45, 7) is 4.50. The van der Waals surface area contributed by atoms with E-state index in [1.807, 2.05) is 44.2 Å². The number of aryl methyl sites for hydroxylation is 1. The molecule has 0 aromatic heterocycles. The Morgan fingerprint density at radius 3 is 2.70 bits per heavy atom. The summed E-state index contributed by atoms with van der Waals surface area (Å²) in [7, 11) is 1.66. The van der Waals surface area contributed by atoms with Gasteiger partial charge in [0.05, 0.1) is 7.11 Å². The Balaban J connectivity index is 2.08. The van der Waals surface area contributed by atoms with Gasteiger partial charge >= 0.3 is 0 Å². The molecule has 2 aromatic carbocycles. The van der Waals surface area contributed by atoms with Crippen molar-refractivity contribution in [1.29, 1.82) is 0 Å². The van der Waals surface area contributed by atoms with Crippen molar-refractivity contribution in [2.24, 2.45) is 0 Å². The van der Waals surface area contributed by atoms with Gasteiger partial charge in [-0.15, -0.1) is 0 Å². The molecular formula is C17H20FNO. The van der Waals surface area contributed by atoms with E-state index in [0.29, 0.717) is 12.1 Å². The molecular weight excluding hydrogens is 253 g/mol. The Labute approximate surface area is 119 Å². The van der Waals surface area contributed by atoms with E-state index < -0.39 is 0 Å². The molecule has 1 N–H and O–H groups in total. The first-order chi connectivity index (χ1) is 9.61. The molecule has 0 unspecified atom stereocenters. The first-order valence-electron chi connectivity index (χ1n) is 6.73. The minimum absolute atomic E-state index is 0.0889. The molecule has 3 heteroatoms. The lowest BCUT2D eigenvalue weighted by molar-refractivity contribution is 0.401. The average molecular weight is 273 g/mol. The van der Waals surface area contributed by atoms with Gasteiger partial charge in [0, 0.05) is 23.7 Å². The van der Waals surface area contributed by atoms with Crippen LogP contribution in [0, 0.1) is 12.7 Å². The number of halogens is 1. The zero-order valence-corrected chi connectivity index (χ0v) is 12.1. The maximum atomic E-state index is 13.7. The summed E-state index contributed by atoms with van der Waals surface area (Å²) in [4.78, 5) is 0. The first kappa shape index (κ1) is 14.5. The maximum absolute atomic E-state index is 13.7. The summed E-state index contributed by atoms with van der Waals surface area (Å²) >= 11 is 0. The number of para-hydroxylation sites is 1. The van der Waals surface area contributed by atoms with Crippen molar-refractivity contribution in [3.63, 3.8) is 0 Å². The van der Waals surface area contributed by atoms with E-state index in [1.54, 1.807) is 13.2 Å². The number of methoxy groups -OCH3 is 1. The largest absolute Gasteiger partial charge is 0.496 e. The molecule has 0 aliphatic rings. The lowest BCUT2D eigenvalue weighted by Gasteiger charge is -2.17. The molecule has 106 valence electrons. The van der Waals surface area contributed by atoms with Crippen molar-refractivity contribution >= 4 is 0 Å². The van der Waals surface area contributed by atoms with Crippen molar-refractivity contribution < 1.29 is 9.13 Å². The highest BCUT2D eigenvalue weighted by Gasteiger charge is 2.11. The highest BCUT2D eigenvalue weighted by molar-refractivity contribution is 5.35. The number of benzene rings is 2. The van der Waals surface area contributed by atoms with Gasteiger partial charge in [0.1, 0.15) is 11.6 Å². The summed E-state index contributed by atoms with van der Waals surface area (Å²) < 4.78 is 19.1. The lowest BCUT2D eigenvalue weighted by Crippen LogP contribution is -2.19. The van der Waals surface area contributed by atoms with Crippen molar-refractivity contribution in [3.05, 3.63) is 65.0 Å². The van der Waals surface area contributed by atoms with E-state index in [9.17, 15) is 4.39 Å². The fourth-order valence-electron chi connectivity index (χ4n) is 2.24. The van der Waals surface area contributed by atoms with Gasteiger partial charge in [0.2, 0.25) is 0 Å². The van der Waals surface area contributed by atoms with Crippen molar-refractivity contribution in [2.75, 3.05) is 7.11 Å². The maximum Gasteiger partial charge on any atom is 0.127 e. The minimum Gasteiger partial charge on any atom is -0.496 e. The predicted molar refractivity (Wildman–Crippen MR) is 79.4 cm³/mol. The van der Waals surface area contributed by atoms with E-state index in [4.69, 9.17) is 4.74 Å². The van der Waals surface area contributed by atoms with Gasteiger partial charge in [-0.1, -0.05) is 35.9 Å². The summed E-state index contributed by atoms with van der Waals surface area (Å²) in [6, 6.07) is 13.1. The second-order valence-corrected chi connectivity index (χ2v) is 4.94. The topological polar surface area (TPSA) is 21.3 Å². The number of hydrogen-bond donors (Lipinski definition) is 1. The third-order valence-corrected chi connectivity index (χ3v) is 3.41. The molecule has 0 heterocycles. The molecule has 0 spiro atoms. The van der Waals surface area contributed by atoms with E-state index in [-0.39, 0.29) is 11.9 Å². The summed E-state index contributed by atoms with van der Waals surface area (Å²) in [5, 5.41) is 3.34. The fourth-order valence-corrected chi connectivity index (χ4v) is 2.24. The van der Waals surface area contributed by atoms with Crippen molar-refractivity contribution in [3.8, 4) is 5.75 Å². The van der Waals surface area contributed by atoms with Crippen LogP contribution < -0.4 is 10.1 Å². The molecule has 0 amide bonds. The van der Waals surface area contributed by atoms with E-state index >= 15 is 0 Å². The van der Waals surface area contributed by atoms with Gasteiger partial charge in [-0.3, -0.25) is 0 Å². The molecule has 0 fully saturated rings. The van der Waals surface area contributed by atoms with Gasteiger partial charge in [-0.25, -0.2) is 4.39 Å². The monoisotopic (exact) mass is 273 g/mol. The molecule has 1 atom stereocenters. The molecule has 0 bridgehead atoms. The standard InChI is InChI=1S/C17H20FNO/c1-12-8-9-16(18)14(10-12)11-19-13(2)15-6-4-5-7-17(15)20-3/h4-10,13,19H,11H2,1-3H3/t13-/m0/s1. The van der Waals surface area contributed by atoms with Crippen LogP contribution in [-0.4, -0.2) is 7.11 Å². The Morgan fingerprint density at radius 1 is 1.20 bits per heavy atom. The molecule has 0 aliphatic heterocycles. The number of hydrogen-bond acceptors (Lipinski definition) is 2. The van der Waals surface area contributed by atoms with Crippen LogP contribution in [0.5, 0.6) is 5.75 Å². The zero-order valence-electron chi connectivity index (χ0n) is 12.1. The SMILES string of the molecule is COc1ccccc1[C@H](C)NCc1cc(C)ccc1F. The molecule has 0 aliphatic carbocycles. The summed E-state index contributed by atoms with van der Waals surface area (Å²) in [6.07, 6.45) is 0. The average Bonchev–Trinajstić information content (AvgIpc) is 2.47. The molecule has 2 nitrogen and oxygen atoms in total. The van der Waals surface area contributed by atoms with Crippen LogP contribution in [0.2, 0.25) is 0 Å². The van der Waals surface area contributed by atoms with Crippen LogP contribution in [0.4, 0.5) is 4.39 Å². The number of rotatable bonds is 5. The van der Waals surface area contributed by atoms with E-state index in [1.165, 1.54) is 6.07 Å². The second kappa shape index (κ2) is 6.53. The molecule has 0 saturated carbocycles. The minimum atomic E-state index is -0.171. The quantitative estimate of drug-likeness (QED) is 0.889. The van der Waals surface area contributed by atoms with Gasteiger partial charge in [-0.05, 0) is 26.0 Å². The lowest BCUT2D eigenvalue weighted by atomic mass is 10.1. The Kier molecular flexibility index (Phi) is 4.74. The highest BCUT2D eigenvalue weighted by atomic mass is 19.1. The van der Waals surface area contributed by atoms with Crippen LogP contribution in [0.3, 0.4) is 0 Å². The van der Waals surface area contributed by atoms with Crippen molar-refractivity contribution in [2.45, 2.75) is 26.4 Å². The Morgan fingerprint density at radius 2 is 1.95 bits per heavy atom. The third-order valence-electron chi connectivity index (χ3n) is 3.41. The second-order valence-electron chi connectivity index (χ2n) is 4.94. The van der Waals surface area contributed by atoms with Crippen LogP contribution in [-0.2, 0) is 6.54 Å². The molecule has 0 radical (unpaired) electrons. The molecule has 20 heavy (non-hydrogen) atoms.